The molecule has 0 aromatic heterocycles. The van der Waals surface area contributed by atoms with Gasteiger partial charge in [-0.2, -0.15) is 13.2 Å². The number of likely N-dealkylation sites (tertiary alicyclic amines) is 1. The van der Waals surface area contributed by atoms with Crippen LogP contribution in [0.15, 0.2) is 72.8 Å². The number of benzene rings is 3. The maximum Gasteiger partial charge on any atom is 0.416 e. The van der Waals surface area contributed by atoms with E-state index < -0.39 is 11.7 Å². The minimum absolute atomic E-state index is 0.0693. The Labute approximate surface area is 185 Å². The van der Waals surface area contributed by atoms with Crippen molar-refractivity contribution in [2.45, 2.75) is 31.9 Å². The average molecular weight is 446 g/mol. The fraction of sp³-hybridized carbons (Fsp3) is 0.280. The fourth-order valence-corrected chi connectivity index (χ4v) is 4.06. The molecule has 0 saturated carbocycles. The second-order valence-electron chi connectivity index (χ2n) is 7.82. The van der Waals surface area contributed by atoms with E-state index in [4.69, 9.17) is 16.3 Å². The van der Waals surface area contributed by atoms with Crippen molar-refractivity contribution < 1.29 is 17.9 Å². The Morgan fingerprint density at radius 2 is 1.65 bits per heavy atom. The SMILES string of the molecule is FC(F)(F)c1ccc(-c2ccc(Cl)cc2)cc1CO[C@@H]1CCN(Cc2ccccc2)C1. The fourth-order valence-electron chi connectivity index (χ4n) is 3.94. The average Bonchev–Trinajstić information content (AvgIpc) is 3.20. The molecule has 0 unspecified atom stereocenters. The summed E-state index contributed by atoms with van der Waals surface area (Å²) in [5.41, 5.74) is 2.25. The lowest BCUT2D eigenvalue weighted by atomic mass is 9.99. The first kappa shape index (κ1) is 21.9. The first-order valence-electron chi connectivity index (χ1n) is 10.2. The highest BCUT2D eigenvalue weighted by molar-refractivity contribution is 6.30. The lowest BCUT2D eigenvalue weighted by Gasteiger charge is -2.18. The topological polar surface area (TPSA) is 12.5 Å². The highest BCUT2D eigenvalue weighted by Crippen LogP contribution is 2.35. The molecular formula is C25H23ClF3NO. The molecule has 2 nitrogen and oxygen atoms in total. The Bertz CT molecular complexity index is 1010. The van der Waals surface area contributed by atoms with E-state index in [1.54, 1.807) is 30.3 Å². The molecule has 3 aromatic carbocycles. The normalized spacial score (nSPS) is 17.2. The molecule has 1 aliphatic heterocycles. The van der Waals surface area contributed by atoms with Crippen molar-refractivity contribution in [3.63, 3.8) is 0 Å². The summed E-state index contributed by atoms with van der Waals surface area (Å²) >= 11 is 5.93. The summed E-state index contributed by atoms with van der Waals surface area (Å²) < 4.78 is 46.6. The number of nitrogens with zero attached hydrogens (tertiary/aromatic N) is 1. The van der Waals surface area contributed by atoms with E-state index in [0.29, 0.717) is 17.1 Å². The second kappa shape index (κ2) is 9.43. The maximum atomic E-state index is 13.6. The summed E-state index contributed by atoms with van der Waals surface area (Å²) in [6, 6.07) is 21.4. The Morgan fingerprint density at radius 1 is 0.935 bits per heavy atom. The molecule has 6 heteroatoms. The molecule has 0 aliphatic carbocycles. The van der Waals surface area contributed by atoms with E-state index in [1.807, 2.05) is 18.2 Å². The number of rotatable bonds is 6. The molecule has 4 rings (SSSR count). The van der Waals surface area contributed by atoms with Crippen LogP contribution in [0, 0.1) is 0 Å². The Balaban J connectivity index is 1.45. The zero-order valence-corrected chi connectivity index (χ0v) is 17.7. The quantitative estimate of drug-likeness (QED) is 0.413. The molecule has 0 spiro atoms. The molecular weight excluding hydrogens is 423 g/mol. The van der Waals surface area contributed by atoms with Crippen molar-refractivity contribution >= 4 is 11.6 Å². The molecule has 31 heavy (non-hydrogen) atoms. The Kier molecular flexibility index (Phi) is 6.65. The summed E-state index contributed by atoms with van der Waals surface area (Å²) in [4.78, 5) is 2.27. The predicted molar refractivity (Wildman–Crippen MR) is 117 cm³/mol. The van der Waals surface area contributed by atoms with Gasteiger partial charge >= 0.3 is 6.18 Å². The molecule has 162 valence electrons. The molecule has 1 heterocycles. The van der Waals surface area contributed by atoms with Crippen LogP contribution in [0.2, 0.25) is 5.02 Å². The summed E-state index contributed by atoms with van der Waals surface area (Å²) in [7, 11) is 0. The van der Waals surface area contributed by atoms with Crippen LogP contribution >= 0.6 is 11.6 Å². The highest BCUT2D eigenvalue weighted by atomic mass is 35.5. The monoisotopic (exact) mass is 445 g/mol. The molecule has 0 radical (unpaired) electrons. The van der Waals surface area contributed by atoms with Crippen LogP contribution in [-0.4, -0.2) is 24.1 Å². The van der Waals surface area contributed by atoms with E-state index in [0.717, 1.165) is 31.1 Å². The largest absolute Gasteiger partial charge is 0.416 e. The van der Waals surface area contributed by atoms with Crippen molar-refractivity contribution in [2.24, 2.45) is 0 Å². The molecule has 1 atom stereocenters. The predicted octanol–water partition coefficient (Wildman–Crippen LogP) is 6.82. The molecule has 1 saturated heterocycles. The number of hydrogen-bond acceptors (Lipinski definition) is 2. The van der Waals surface area contributed by atoms with Gasteiger partial charge in [-0.05, 0) is 52.9 Å². The van der Waals surface area contributed by atoms with E-state index in [-0.39, 0.29) is 18.3 Å². The van der Waals surface area contributed by atoms with Crippen LogP contribution in [0.4, 0.5) is 13.2 Å². The van der Waals surface area contributed by atoms with Gasteiger partial charge in [-0.25, -0.2) is 0 Å². The summed E-state index contributed by atoms with van der Waals surface area (Å²) in [5, 5.41) is 0.584. The van der Waals surface area contributed by atoms with Crippen molar-refractivity contribution in [1.82, 2.24) is 4.90 Å². The summed E-state index contributed by atoms with van der Waals surface area (Å²) in [6.45, 7) is 2.34. The third-order valence-electron chi connectivity index (χ3n) is 5.54. The smallest absolute Gasteiger partial charge is 0.372 e. The molecule has 3 aromatic rings. The minimum atomic E-state index is -4.42. The lowest BCUT2D eigenvalue weighted by molar-refractivity contribution is -0.139. The third-order valence-corrected chi connectivity index (χ3v) is 5.79. The standard InChI is InChI=1S/C25H23ClF3NO/c26-22-9-6-19(7-10-22)20-8-11-24(25(27,28)29)21(14-20)17-31-23-12-13-30(16-23)15-18-4-2-1-3-5-18/h1-11,14,23H,12-13,15-17H2/t23-/m1/s1. The summed E-state index contributed by atoms with van der Waals surface area (Å²) in [5.74, 6) is 0. The zero-order chi connectivity index (χ0) is 21.8. The van der Waals surface area contributed by atoms with Crippen molar-refractivity contribution in [1.29, 1.82) is 0 Å². The lowest BCUT2D eigenvalue weighted by Crippen LogP contribution is -2.23. The molecule has 0 N–H and O–H groups in total. The molecule has 1 fully saturated rings. The van der Waals surface area contributed by atoms with Gasteiger partial charge in [0.2, 0.25) is 0 Å². The van der Waals surface area contributed by atoms with Gasteiger partial charge in [-0.1, -0.05) is 60.1 Å². The van der Waals surface area contributed by atoms with Crippen LogP contribution in [0.1, 0.15) is 23.1 Å². The number of alkyl halides is 3. The maximum absolute atomic E-state index is 13.6. The van der Waals surface area contributed by atoms with E-state index in [1.165, 1.54) is 11.6 Å². The van der Waals surface area contributed by atoms with Gasteiger partial charge in [0.15, 0.2) is 0 Å². The van der Waals surface area contributed by atoms with Crippen molar-refractivity contribution in [3.05, 3.63) is 94.5 Å². The third kappa shape index (κ3) is 5.67. The Hall–Kier alpha value is -2.34. The molecule has 1 aliphatic rings. The van der Waals surface area contributed by atoms with Gasteiger partial charge < -0.3 is 4.74 Å². The van der Waals surface area contributed by atoms with Crippen LogP contribution in [-0.2, 0) is 24.1 Å². The van der Waals surface area contributed by atoms with Gasteiger partial charge in [-0.3, -0.25) is 4.90 Å². The van der Waals surface area contributed by atoms with Crippen molar-refractivity contribution in [2.75, 3.05) is 13.1 Å². The second-order valence-corrected chi connectivity index (χ2v) is 8.26. The van der Waals surface area contributed by atoms with Crippen LogP contribution in [0.3, 0.4) is 0 Å². The van der Waals surface area contributed by atoms with Gasteiger partial charge in [0.25, 0.3) is 0 Å². The number of halogens is 4. The summed E-state index contributed by atoms with van der Waals surface area (Å²) in [6.07, 6.45) is -3.69. The van der Waals surface area contributed by atoms with Gasteiger partial charge in [0, 0.05) is 24.7 Å². The first-order chi connectivity index (χ1) is 14.9. The van der Waals surface area contributed by atoms with E-state index in [9.17, 15) is 13.2 Å². The van der Waals surface area contributed by atoms with E-state index >= 15 is 0 Å². The van der Waals surface area contributed by atoms with Gasteiger partial charge in [0.05, 0.1) is 18.3 Å². The number of ether oxygens (including phenoxy) is 1. The van der Waals surface area contributed by atoms with Crippen LogP contribution < -0.4 is 0 Å². The first-order valence-corrected chi connectivity index (χ1v) is 10.6. The van der Waals surface area contributed by atoms with E-state index in [2.05, 4.69) is 17.0 Å². The minimum Gasteiger partial charge on any atom is -0.372 e. The van der Waals surface area contributed by atoms with Crippen LogP contribution in [0.5, 0.6) is 0 Å². The highest BCUT2D eigenvalue weighted by Gasteiger charge is 2.34. The zero-order valence-electron chi connectivity index (χ0n) is 16.9. The molecule has 0 bridgehead atoms. The number of hydrogen-bond donors (Lipinski definition) is 0. The molecule has 0 amide bonds. The van der Waals surface area contributed by atoms with Gasteiger partial charge in [-0.15, -0.1) is 0 Å². The van der Waals surface area contributed by atoms with Crippen LogP contribution in [0.25, 0.3) is 11.1 Å². The van der Waals surface area contributed by atoms with Crippen molar-refractivity contribution in [3.8, 4) is 11.1 Å². The van der Waals surface area contributed by atoms with Gasteiger partial charge in [0.1, 0.15) is 0 Å². The Morgan fingerprint density at radius 3 is 2.35 bits per heavy atom.